The lowest BCUT2D eigenvalue weighted by atomic mass is 9.87. The molecule has 0 saturated heterocycles. The Morgan fingerprint density at radius 2 is 1.72 bits per heavy atom. The van der Waals surface area contributed by atoms with Gasteiger partial charge in [0, 0.05) is 11.3 Å². The monoisotopic (exact) mass is 395 g/mol. The molecule has 0 aromatic heterocycles. The van der Waals surface area contributed by atoms with Gasteiger partial charge in [0.1, 0.15) is 11.5 Å². The highest BCUT2D eigenvalue weighted by Crippen LogP contribution is 2.26. The van der Waals surface area contributed by atoms with Gasteiger partial charge < -0.3 is 14.8 Å². The van der Waals surface area contributed by atoms with E-state index in [0.717, 1.165) is 49.0 Å². The van der Waals surface area contributed by atoms with E-state index in [1.165, 1.54) is 32.1 Å². The summed E-state index contributed by atoms with van der Waals surface area (Å²) in [5.74, 6) is 2.26. The van der Waals surface area contributed by atoms with E-state index in [0.29, 0.717) is 12.2 Å². The van der Waals surface area contributed by atoms with Crippen molar-refractivity contribution in [1.29, 1.82) is 0 Å². The van der Waals surface area contributed by atoms with Gasteiger partial charge in [-0.25, -0.2) is 0 Å². The van der Waals surface area contributed by atoms with Crippen molar-refractivity contribution in [2.75, 3.05) is 18.5 Å². The average molecular weight is 396 g/mol. The molecule has 2 aromatic rings. The Morgan fingerprint density at radius 3 is 2.48 bits per heavy atom. The molecule has 4 heteroatoms. The zero-order valence-corrected chi connectivity index (χ0v) is 17.5. The highest BCUT2D eigenvalue weighted by Gasteiger charge is 2.13. The van der Waals surface area contributed by atoms with Crippen LogP contribution in [0.1, 0.15) is 68.6 Å². The predicted octanol–water partition coefficient (Wildman–Crippen LogP) is 6.47. The predicted molar refractivity (Wildman–Crippen MR) is 118 cm³/mol. The molecular weight excluding hydrogens is 362 g/mol. The standard InChI is InChI=1S/C25H33NO3/c1-2-3-17-28-24-11-7-10-21(19-24)25(27)26-22-12-14-23(15-13-22)29-18-16-20-8-5-4-6-9-20/h7,10-15,19-20H,2-6,8-9,16-18H2,1H3,(H,26,27). The normalized spacial score (nSPS) is 14.4. The van der Waals surface area contributed by atoms with Crippen LogP contribution in [0.15, 0.2) is 48.5 Å². The minimum atomic E-state index is -0.142. The SMILES string of the molecule is CCCCOc1cccc(C(=O)Nc2ccc(OCCC3CCCCC3)cc2)c1. The summed E-state index contributed by atoms with van der Waals surface area (Å²) in [6.07, 6.45) is 10.0. The van der Waals surface area contributed by atoms with Crippen molar-refractivity contribution in [2.45, 2.75) is 58.3 Å². The van der Waals surface area contributed by atoms with Crippen LogP contribution in [0.4, 0.5) is 5.69 Å². The maximum Gasteiger partial charge on any atom is 0.255 e. The number of hydrogen-bond donors (Lipinski definition) is 1. The first-order valence-electron chi connectivity index (χ1n) is 11.0. The van der Waals surface area contributed by atoms with Crippen LogP contribution in [0.3, 0.4) is 0 Å². The molecule has 0 atom stereocenters. The average Bonchev–Trinajstić information content (AvgIpc) is 2.76. The molecule has 0 bridgehead atoms. The number of ether oxygens (including phenoxy) is 2. The van der Waals surface area contributed by atoms with E-state index in [2.05, 4.69) is 12.2 Å². The molecule has 156 valence electrons. The smallest absolute Gasteiger partial charge is 0.255 e. The van der Waals surface area contributed by atoms with Crippen LogP contribution in [-0.4, -0.2) is 19.1 Å². The van der Waals surface area contributed by atoms with Crippen LogP contribution >= 0.6 is 0 Å². The molecule has 2 aromatic carbocycles. The fourth-order valence-electron chi connectivity index (χ4n) is 3.72. The molecule has 3 rings (SSSR count). The maximum absolute atomic E-state index is 12.5. The van der Waals surface area contributed by atoms with Gasteiger partial charge in [-0.3, -0.25) is 4.79 Å². The number of nitrogens with one attached hydrogen (secondary N) is 1. The summed E-state index contributed by atoms with van der Waals surface area (Å²) >= 11 is 0. The fourth-order valence-corrected chi connectivity index (χ4v) is 3.72. The minimum Gasteiger partial charge on any atom is -0.494 e. The van der Waals surface area contributed by atoms with Crippen molar-refractivity contribution in [3.63, 3.8) is 0 Å². The van der Waals surface area contributed by atoms with Crippen molar-refractivity contribution >= 4 is 11.6 Å². The highest BCUT2D eigenvalue weighted by molar-refractivity contribution is 6.04. The zero-order valence-electron chi connectivity index (χ0n) is 17.5. The molecule has 1 aliphatic rings. The van der Waals surface area contributed by atoms with Crippen molar-refractivity contribution in [1.82, 2.24) is 0 Å². The van der Waals surface area contributed by atoms with Gasteiger partial charge >= 0.3 is 0 Å². The van der Waals surface area contributed by atoms with Crippen LogP contribution in [0.5, 0.6) is 11.5 Å². The Hall–Kier alpha value is -2.49. The van der Waals surface area contributed by atoms with Gasteiger partial charge in [0.25, 0.3) is 5.91 Å². The van der Waals surface area contributed by atoms with Crippen LogP contribution in [-0.2, 0) is 0 Å². The van der Waals surface area contributed by atoms with E-state index in [-0.39, 0.29) is 5.91 Å². The van der Waals surface area contributed by atoms with Crippen LogP contribution in [0.2, 0.25) is 0 Å². The summed E-state index contributed by atoms with van der Waals surface area (Å²) in [7, 11) is 0. The number of amides is 1. The summed E-state index contributed by atoms with van der Waals surface area (Å²) in [5.41, 5.74) is 1.35. The molecule has 0 unspecified atom stereocenters. The molecule has 1 fully saturated rings. The second-order valence-electron chi connectivity index (χ2n) is 7.85. The van der Waals surface area contributed by atoms with Crippen molar-refractivity contribution in [2.24, 2.45) is 5.92 Å². The molecule has 1 saturated carbocycles. The van der Waals surface area contributed by atoms with E-state index >= 15 is 0 Å². The molecule has 1 amide bonds. The van der Waals surface area contributed by atoms with E-state index < -0.39 is 0 Å². The van der Waals surface area contributed by atoms with Gasteiger partial charge in [-0.2, -0.15) is 0 Å². The molecule has 0 aliphatic heterocycles. The Kier molecular flexibility index (Phi) is 8.41. The number of carbonyl (C=O) groups is 1. The summed E-state index contributed by atoms with van der Waals surface area (Å²) in [6.45, 7) is 3.56. The minimum absolute atomic E-state index is 0.142. The summed E-state index contributed by atoms with van der Waals surface area (Å²) in [4.78, 5) is 12.5. The summed E-state index contributed by atoms with van der Waals surface area (Å²) in [5, 5.41) is 2.94. The molecular formula is C25H33NO3. The largest absolute Gasteiger partial charge is 0.494 e. The van der Waals surface area contributed by atoms with Crippen molar-refractivity contribution < 1.29 is 14.3 Å². The topological polar surface area (TPSA) is 47.6 Å². The van der Waals surface area contributed by atoms with Gasteiger partial charge in [-0.15, -0.1) is 0 Å². The van der Waals surface area contributed by atoms with E-state index in [9.17, 15) is 4.79 Å². The first-order chi connectivity index (χ1) is 14.2. The number of rotatable bonds is 10. The maximum atomic E-state index is 12.5. The molecule has 29 heavy (non-hydrogen) atoms. The molecule has 0 heterocycles. The van der Waals surface area contributed by atoms with Gasteiger partial charge in [-0.05, 0) is 61.2 Å². The van der Waals surface area contributed by atoms with E-state index in [4.69, 9.17) is 9.47 Å². The third kappa shape index (κ3) is 7.12. The van der Waals surface area contributed by atoms with Gasteiger partial charge in [0.15, 0.2) is 0 Å². The van der Waals surface area contributed by atoms with Crippen molar-refractivity contribution in [3.8, 4) is 11.5 Å². The molecule has 1 N–H and O–H groups in total. The van der Waals surface area contributed by atoms with Gasteiger partial charge in [0.05, 0.1) is 13.2 Å². The van der Waals surface area contributed by atoms with Crippen LogP contribution < -0.4 is 14.8 Å². The molecule has 0 spiro atoms. The number of carbonyl (C=O) groups excluding carboxylic acids is 1. The third-order valence-electron chi connectivity index (χ3n) is 5.49. The second kappa shape index (κ2) is 11.5. The number of hydrogen-bond acceptors (Lipinski definition) is 3. The number of anilines is 1. The third-order valence-corrected chi connectivity index (χ3v) is 5.49. The highest BCUT2D eigenvalue weighted by atomic mass is 16.5. The van der Waals surface area contributed by atoms with Gasteiger partial charge in [-0.1, -0.05) is 51.5 Å². The first kappa shape index (κ1) is 21.2. The Balaban J connectivity index is 1.46. The Bertz CT molecular complexity index is 751. The van der Waals surface area contributed by atoms with Crippen LogP contribution in [0.25, 0.3) is 0 Å². The summed E-state index contributed by atoms with van der Waals surface area (Å²) in [6, 6.07) is 14.9. The van der Waals surface area contributed by atoms with Crippen molar-refractivity contribution in [3.05, 3.63) is 54.1 Å². The lowest BCUT2D eigenvalue weighted by Crippen LogP contribution is -2.12. The van der Waals surface area contributed by atoms with Crippen LogP contribution in [0, 0.1) is 5.92 Å². The fraction of sp³-hybridized carbons (Fsp3) is 0.480. The summed E-state index contributed by atoms with van der Waals surface area (Å²) < 4.78 is 11.6. The van der Waals surface area contributed by atoms with Gasteiger partial charge in [0.2, 0.25) is 0 Å². The van der Waals surface area contributed by atoms with E-state index in [1.807, 2.05) is 36.4 Å². The lowest BCUT2D eigenvalue weighted by molar-refractivity contribution is 0.102. The molecule has 1 aliphatic carbocycles. The lowest BCUT2D eigenvalue weighted by Gasteiger charge is -2.21. The zero-order chi connectivity index (χ0) is 20.3. The second-order valence-corrected chi connectivity index (χ2v) is 7.85. The van der Waals surface area contributed by atoms with E-state index in [1.54, 1.807) is 12.1 Å². The Labute approximate surface area is 174 Å². The first-order valence-corrected chi connectivity index (χ1v) is 11.0. The Morgan fingerprint density at radius 1 is 0.966 bits per heavy atom. The number of benzene rings is 2. The molecule has 4 nitrogen and oxygen atoms in total. The molecule has 0 radical (unpaired) electrons. The number of unbranched alkanes of at least 4 members (excludes halogenated alkanes) is 1. The quantitative estimate of drug-likeness (QED) is 0.469.